The molecule has 0 N–H and O–H groups in total. The van der Waals surface area contributed by atoms with Crippen LogP contribution in [0.5, 0.6) is 0 Å². The molecule has 1 heterocycles. The quantitative estimate of drug-likeness (QED) is 0.159. The van der Waals surface area contributed by atoms with Gasteiger partial charge in [-0.2, -0.15) is 0 Å². The monoisotopic (exact) mass is 882 g/mol. The first kappa shape index (κ1) is 39.5. The summed E-state index contributed by atoms with van der Waals surface area (Å²) < 4.78 is 7.20. The van der Waals surface area contributed by atoms with E-state index >= 15 is 0 Å². The summed E-state index contributed by atoms with van der Waals surface area (Å²) in [5, 5.41) is 1.12. The molecule has 3 heteroatoms. The van der Waals surface area contributed by atoms with Crippen molar-refractivity contribution in [2.75, 3.05) is 9.80 Å². The lowest BCUT2D eigenvalue weighted by Gasteiger charge is -2.37. The normalized spacial score (nSPS) is 15.3. The van der Waals surface area contributed by atoms with Gasteiger partial charge >= 0.3 is 0 Å². The van der Waals surface area contributed by atoms with Gasteiger partial charge in [-0.1, -0.05) is 196 Å². The Bertz CT molecular complexity index is 3790. The van der Waals surface area contributed by atoms with Gasteiger partial charge in [0.15, 0.2) is 0 Å². The van der Waals surface area contributed by atoms with Crippen LogP contribution in [-0.2, 0) is 10.8 Å². The SMILES string of the molecule is CC1(C)c2ccccc2-c2ccc(N(c3ccccc3-c3ccccc3)c3cccc4c3C3(c5ccccc5-c5c(N(c6ccccc6)c6ccccc6)cccc53)c3c-4oc4ccccc34)cc21. The van der Waals surface area contributed by atoms with E-state index in [1.54, 1.807) is 0 Å². The second-order valence-electron chi connectivity index (χ2n) is 19.1. The van der Waals surface area contributed by atoms with Gasteiger partial charge in [-0.3, -0.25) is 0 Å². The summed E-state index contributed by atoms with van der Waals surface area (Å²) in [4.78, 5) is 4.98. The number of rotatable bonds is 7. The zero-order valence-electron chi connectivity index (χ0n) is 38.4. The summed E-state index contributed by atoms with van der Waals surface area (Å²) in [6.07, 6.45) is 0. The third kappa shape index (κ3) is 5.50. The second kappa shape index (κ2) is 14.9. The average Bonchev–Trinajstić information content (AvgIpc) is 4.10. The molecule has 1 aromatic heterocycles. The van der Waals surface area contributed by atoms with E-state index in [1.807, 2.05) is 0 Å². The maximum absolute atomic E-state index is 7.20. The molecule has 0 fully saturated rings. The van der Waals surface area contributed by atoms with Gasteiger partial charge < -0.3 is 14.2 Å². The number of nitrogens with zero attached hydrogens (tertiary/aromatic N) is 2. The van der Waals surface area contributed by atoms with E-state index in [2.05, 4.69) is 266 Å². The molecule has 0 radical (unpaired) electrons. The van der Waals surface area contributed by atoms with Gasteiger partial charge in [0.25, 0.3) is 0 Å². The van der Waals surface area contributed by atoms with Crippen molar-refractivity contribution in [3.8, 4) is 44.7 Å². The highest BCUT2D eigenvalue weighted by Crippen LogP contribution is 2.69. The molecule has 0 saturated heterocycles. The van der Waals surface area contributed by atoms with Crippen LogP contribution in [0, 0.1) is 0 Å². The zero-order chi connectivity index (χ0) is 45.8. The molecular weight excluding hydrogens is 837 g/mol. The van der Waals surface area contributed by atoms with Crippen molar-refractivity contribution in [3.63, 3.8) is 0 Å². The molecule has 14 rings (SSSR count). The van der Waals surface area contributed by atoms with Crippen molar-refractivity contribution in [2.24, 2.45) is 0 Å². The number of fused-ring (bicyclic) bond motifs is 15. The van der Waals surface area contributed by atoms with Crippen LogP contribution in [0.3, 0.4) is 0 Å². The highest BCUT2D eigenvalue weighted by atomic mass is 16.3. The van der Waals surface area contributed by atoms with Crippen LogP contribution in [-0.4, -0.2) is 0 Å². The van der Waals surface area contributed by atoms with E-state index in [0.717, 1.165) is 67.5 Å². The zero-order valence-corrected chi connectivity index (χ0v) is 38.4. The molecule has 1 atom stereocenters. The lowest BCUT2D eigenvalue weighted by atomic mass is 9.69. The molecule has 0 aliphatic heterocycles. The topological polar surface area (TPSA) is 19.6 Å². The molecule has 326 valence electrons. The summed E-state index contributed by atoms with van der Waals surface area (Å²) in [5.41, 5.74) is 22.6. The molecule has 3 nitrogen and oxygen atoms in total. The van der Waals surface area contributed by atoms with Crippen LogP contribution < -0.4 is 9.80 Å². The van der Waals surface area contributed by atoms with Crippen LogP contribution in [0.25, 0.3) is 55.7 Å². The highest BCUT2D eigenvalue weighted by Gasteiger charge is 2.57. The van der Waals surface area contributed by atoms with E-state index in [0.29, 0.717) is 0 Å². The number of para-hydroxylation sites is 4. The molecule has 0 bridgehead atoms. The highest BCUT2D eigenvalue weighted by molar-refractivity contribution is 6.08. The van der Waals surface area contributed by atoms with E-state index in [9.17, 15) is 0 Å². The fourth-order valence-corrected chi connectivity index (χ4v) is 12.4. The van der Waals surface area contributed by atoms with Gasteiger partial charge in [0.05, 0.1) is 22.5 Å². The van der Waals surface area contributed by atoms with Gasteiger partial charge in [0.2, 0.25) is 0 Å². The Hall–Kier alpha value is -8.66. The van der Waals surface area contributed by atoms with Crippen LogP contribution in [0.4, 0.5) is 34.1 Å². The first-order chi connectivity index (χ1) is 34.0. The van der Waals surface area contributed by atoms with Crippen LogP contribution in [0.2, 0.25) is 0 Å². The van der Waals surface area contributed by atoms with Crippen molar-refractivity contribution >= 4 is 45.1 Å². The number of benzene rings is 10. The molecule has 0 saturated carbocycles. The Balaban J connectivity index is 1.11. The number of furan rings is 1. The minimum atomic E-state index is -0.777. The van der Waals surface area contributed by atoms with E-state index in [-0.39, 0.29) is 5.41 Å². The van der Waals surface area contributed by atoms with Crippen LogP contribution in [0.15, 0.2) is 247 Å². The smallest absolute Gasteiger partial charge is 0.140 e. The van der Waals surface area contributed by atoms with Gasteiger partial charge in [-0.05, 0) is 105 Å². The van der Waals surface area contributed by atoms with E-state index < -0.39 is 5.41 Å². The number of hydrogen-bond acceptors (Lipinski definition) is 3. The van der Waals surface area contributed by atoms with Crippen molar-refractivity contribution in [2.45, 2.75) is 24.7 Å². The van der Waals surface area contributed by atoms with Crippen LogP contribution in [0.1, 0.15) is 47.2 Å². The lowest BCUT2D eigenvalue weighted by molar-refractivity contribution is 0.628. The molecule has 69 heavy (non-hydrogen) atoms. The summed E-state index contributed by atoms with van der Waals surface area (Å²) in [6.45, 7) is 4.75. The Morgan fingerprint density at radius 1 is 0.348 bits per heavy atom. The number of hydrogen-bond donors (Lipinski definition) is 0. The van der Waals surface area contributed by atoms with Gasteiger partial charge in [-0.15, -0.1) is 0 Å². The van der Waals surface area contributed by atoms with Crippen molar-refractivity contribution < 1.29 is 4.42 Å². The summed E-state index contributed by atoms with van der Waals surface area (Å²) in [6, 6.07) is 89.1. The van der Waals surface area contributed by atoms with E-state index in [4.69, 9.17) is 4.42 Å². The summed E-state index contributed by atoms with van der Waals surface area (Å²) in [7, 11) is 0. The summed E-state index contributed by atoms with van der Waals surface area (Å²) in [5.74, 6) is 0.922. The third-order valence-electron chi connectivity index (χ3n) is 15.2. The number of anilines is 6. The van der Waals surface area contributed by atoms with Crippen LogP contribution >= 0.6 is 0 Å². The van der Waals surface area contributed by atoms with Crippen molar-refractivity contribution in [1.29, 1.82) is 0 Å². The average molecular weight is 883 g/mol. The molecule has 11 aromatic rings. The maximum Gasteiger partial charge on any atom is 0.140 e. The lowest BCUT2D eigenvalue weighted by Crippen LogP contribution is -2.28. The Morgan fingerprint density at radius 3 is 1.67 bits per heavy atom. The maximum atomic E-state index is 7.20. The van der Waals surface area contributed by atoms with Gasteiger partial charge in [-0.25, -0.2) is 0 Å². The van der Waals surface area contributed by atoms with Crippen molar-refractivity contribution in [1.82, 2.24) is 0 Å². The molecule has 3 aliphatic rings. The standard InChI is InChI=1S/C66H46N2O/c1-65(2)53-33-16-12-29-48(53)49-41-40-46(42-56(49)65)68(57-36-18-14-28-47(57)43-22-6-3-7-23-43)59-38-20-32-52-62(59)66(63-51-31-15-19-39-60(51)69-64(52)63)54-34-17-13-30-50(54)61-55(66)35-21-37-58(61)67(44-24-8-4-9-25-44)45-26-10-5-11-27-45/h3-42H,1-2H3. The first-order valence-corrected chi connectivity index (χ1v) is 24.0. The Labute approximate surface area is 402 Å². The molecular formula is C66H46N2O. The predicted molar refractivity (Wildman–Crippen MR) is 285 cm³/mol. The second-order valence-corrected chi connectivity index (χ2v) is 19.1. The Morgan fingerprint density at radius 2 is 0.899 bits per heavy atom. The molecule has 0 amide bonds. The molecule has 1 unspecified atom stereocenters. The fourth-order valence-electron chi connectivity index (χ4n) is 12.4. The van der Waals surface area contributed by atoms with Gasteiger partial charge in [0, 0.05) is 55.7 Å². The minimum Gasteiger partial charge on any atom is -0.456 e. The predicted octanol–water partition coefficient (Wildman–Crippen LogP) is 17.7. The molecule has 10 aromatic carbocycles. The first-order valence-electron chi connectivity index (χ1n) is 24.0. The fraction of sp³-hybridized carbons (Fsp3) is 0.0606. The molecule has 1 spiro atoms. The Kier molecular flexibility index (Phi) is 8.54. The van der Waals surface area contributed by atoms with Gasteiger partial charge in [0.1, 0.15) is 11.3 Å². The third-order valence-corrected chi connectivity index (χ3v) is 15.2. The van der Waals surface area contributed by atoms with E-state index in [1.165, 1.54) is 55.6 Å². The van der Waals surface area contributed by atoms with Crippen molar-refractivity contribution in [3.05, 3.63) is 276 Å². The largest absolute Gasteiger partial charge is 0.456 e. The minimum absolute atomic E-state index is 0.199. The molecule has 3 aliphatic carbocycles. The summed E-state index contributed by atoms with van der Waals surface area (Å²) >= 11 is 0.